The van der Waals surface area contributed by atoms with Gasteiger partial charge in [0.15, 0.2) is 0 Å². The van der Waals surface area contributed by atoms with Crippen LogP contribution in [0, 0.1) is 5.82 Å². The van der Waals surface area contributed by atoms with Gasteiger partial charge in [0, 0.05) is 16.9 Å². The van der Waals surface area contributed by atoms with Crippen LogP contribution in [-0.4, -0.2) is 33.2 Å². The number of amides is 1. The molecule has 1 atom stereocenters. The summed E-state index contributed by atoms with van der Waals surface area (Å²) in [5, 5.41) is 17.3. The van der Waals surface area contributed by atoms with Gasteiger partial charge in [0.25, 0.3) is 5.91 Å². The quantitative estimate of drug-likeness (QED) is 0.723. The predicted octanol–water partition coefficient (Wildman–Crippen LogP) is 2.75. The number of nitrogens with zero attached hydrogens (tertiary/aromatic N) is 4. The SMILES string of the molecule is COc1ccc(NC(=O)C2=C(C)Nc3nnnn3C2c2ccccc2F)cc1. The standard InChI is InChI=1S/C19H17FN6O2/c1-11-16(18(27)22-12-7-9-13(28-2)10-8-12)17(14-5-3-4-6-15(14)20)26-19(21-11)23-24-25-26/h3-10,17H,1-2H3,(H,22,27)(H,21,23,25). The van der Waals surface area contributed by atoms with Crippen LogP contribution in [0.3, 0.4) is 0 Å². The van der Waals surface area contributed by atoms with Gasteiger partial charge >= 0.3 is 0 Å². The summed E-state index contributed by atoms with van der Waals surface area (Å²) in [6, 6.07) is 12.4. The van der Waals surface area contributed by atoms with Crippen LogP contribution in [0.2, 0.25) is 0 Å². The van der Waals surface area contributed by atoms with E-state index >= 15 is 0 Å². The summed E-state index contributed by atoms with van der Waals surface area (Å²) in [5.41, 5.74) is 1.75. The number of halogens is 1. The summed E-state index contributed by atoms with van der Waals surface area (Å²) in [4.78, 5) is 13.1. The normalized spacial score (nSPS) is 15.6. The van der Waals surface area contributed by atoms with Crippen LogP contribution in [0.4, 0.5) is 16.0 Å². The summed E-state index contributed by atoms with van der Waals surface area (Å²) in [7, 11) is 1.57. The van der Waals surface area contributed by atoms with Crippen molar-refractivity contribution in [2.24, 2.45) is 0 Å². The maximum atomic E-state index is 14.6. The molecule has 142 valence electrons. The number of aromatic nitrogens is 4. The number of ether oxygens (including phenoxy) is 1. The fraction of sp³-hybridized carbons (Fsp3) is 0.158. The molecule has 1 amide bonds. The van der Waals surface area contributed by atoms with Gasteiger partial charge in [-0.15, -0.1) is 0 Å². The minimum atomic E-state index is -0.800. The van der Waals surface area contributed by atoms with Crippen LogP contribution in [0.5, 0.6) is 5.75 Å². The second-order valence-electron chi connectivity index (χ2n) is 6.22. The smallest absolute Gasteiger partial charge is 0.255 e. The molecule has 0 radical (unpaired) electrons. The van der Waals surface area contributed by atoms with E-state index in [0.29, 0.717) is 34.2 Å². The second kappa shape index (κ2) is 7.10. The number of methoxy groups -OCH3 is 1. The van der Waals surface area contributed by atoms with Crippen LogP contribution >= 0.6 is 0 Å². The molecule has 9 heteroatoms. The van der Waals surface area contributed by atoms with Gasteiger partial charge < -0.3 is 15.4 Å². The molecule has 1 aliphatic rings. The molecule has 8 nitrogen and oxygen atoms in total. The molecule has 1 aliphatic heterocycles. The van der Waals surface area contributed by atoms with Crippen molar-refractivity contribution in [1.82, 2.24) is 20.2 Å². The largest absolute Gasteiger partial charge is 0.497 e. The molecule has 2 heterocycles. The number of anilines is 2. The zero-order valence-electron chi connectivity index (χ0n) is 15.2. The van der Waals surface area contributed by atoms with Crippen molar-refractivity contribution < 1.29 is 13.9 Å². The summed E-state index contributed by atoms with van der Waals surface area (Å²) in [6.07, 6.45) is 0. The first-order chi connectivity index (χ1) is 13.6. The number of nitrogens with one attached hydrogen (secondary N) is 2. The van der Waals surface area contributed by atoms with E-state index in [1.54, 1.807) is 56.5 Å². The topological polar surface area (TPSA) is 94.0 Å². The Hall–Kier alpha value is -3.75. The molecule has 0 fully saturated rings. The van der Waals surface area contributed by atoms with E-state index < -0.39 is 11.9 Å². The molecule has 4 rings (SSSR count). The first-order valence-electron chi connectivity index (χ1n) is 8.54. The molecule has 0 aliphatic carbocycles. The number of rotatable bonds is 4. The Labute approximate surface area is 160 Å². The number of tetrazole rings is 1. The van der Waals surface area contributed by atoms with Crippen molar-refractivity contribution >= 4 is 17.5 Å². The molecule has 0 saturated heterocycles. The summed E-state index contributed by atoms with van der Waals surface area (Å²) in [5.74, 6) is 0.185. The van der Waals surface area contributed by atoms with E-state index in [1.165, 1.54) is 10.7 Å². The van der Waals surface area contributed by atoms with Gasteiger partial charge in [-0.1, -0.05) is 23.3 Å². The Morgan fingerprint density at radius 2 is 1.96 bits per heavy atom. The molecule has 1 aromatic heterocycles. The van der Waals surface area contributed by atoms with Gasteiger partial charge in [0.2, 0.25) is 5.95 Å². The molecular weight excluding hydrogens is 363 g/mol. The lowest BCUT2D eigenvalue weighted by Gasteiger charge is -2.28. The van der Waals surface area contributed by atoms with Crippen molar-refractivity contribution in [1.29, 1.82) is 0 Å². The molecule has 2 aromatic carbocycles. The van der Waals surface area contributed by atoms with Gasteiger partial charge in [-0.05, 0) is 47.7 Å². The lowest BCUT2D eigenvalue weighted by molar-refractivity contribution is -0.113. The van der Waals surface area contributed by atoms with Gasteiger partial charge in [0.1, 0.15) is 17.6 Å². The number of carbonyl (C=O) groups is 1. The first kappa shape index (κ1) is 17.7. The summed E-state index contributed by atoms with van der Waals surface area (Å²) < 4.78 is 21.1. The van der Waals surface area contributed by atoms with Gasteiger partial charge in [0.05, 0.1) is 12.7 Å². The minimum absolute atomic E-state index is 0.303. The van der Waals surface area contributed by atoms with E-state index in [-0.39, 0.29) is 5.91 Å². The summed E-state index contributed by atoms with van der Waals surface area (Å²) in [6.45, 7) is 1.73. The molecule has 3 aromatic rings. The van der Waals surface area contributed by atoms with Crippen molar-refractivity contribution in [3.05, 3.63) is 71.2 Å². The van der Waals surface area contributed by atoms with Gasteiger partial charge in [-0.2, -0.15) is 4.68 Å². The Kier molecular flexibility index (Phi) is 4.48. The monoisotopic (exact) mass is 380 g/mol. The maximum absolute atomic E-state index is 14.6. The Balaban J connectivity index is 1.74. The third-order valence-electron chi connectivity index (χ3n) is 4.51. The van der Waals surface area contributed by atoms with Crippen LogP contribution in [-0.2, 0) is 4.79 Å². The first-order valence-corrected chi connectivity index (χ1v) is 8.54. The van der Waals surface area contributed by atoms with Crippen LogP contribution < -0.4 is 15.4 Å². The second-order valence-corrected chi connectivity index (χ2v) is 6.22. The van der Waals surface area contributed by atoms with Crippen LogP contribution in [0.15, 0.2) is 59.8 Å². The summed E-state index contributed by atoms with van der Waals surface area (Å²) >= 11 is 0. The van der Waals surface area contributed by atoms with E-state index in [9.17, 15) is 9.18 Å². The molecule has 2 N–H and O–H groups in total. The highest BCUT2D eigenvalue weighted by molar-refractivity contribution is 6.06. The number of hydrogen-bond acceptors (Lipinski definition) is 6. The molecular formula is C19H17FN6O2. The molecule has 0 bridgehead atoms. The number of allylic oxidation sites excluding steroid dienone is 1. The van der Waals surface area contributed by atoms with Gasteiger partial charge in [-0.3, -0.25) is 4.79 Å². The molecule has 28 heavy (non-hydrogen) atoms. The van der Waals surface area contributed by atoms with E-state index in [0.717, 1.165) is 0 Å². The highest BCUT2D eigenvalue weighted by Gasteiger charge is 2.35. The Morgan fingerprint density at radius 3 is 2.68 bits per heavy atom. The Morgan fingerprint density at radius 1 is 1.21 bits per heavy atom. The fourth-order valence-electron chi connectivity index (χ4n) is 3.16. The van der Waals surface area contributed by atoms with Crippen LogP contribution in [0.25, 0.3) is 0 Å². The molecule has 0 saturated carbocycles. The lowest BCUT2D eigenvalue weighted by atomic mass is 9.94. The zero-order valence-corrected chi connectivity index (χ0v) is 15.2. The van der Waals surface area contributed by atoms with Crippen molar-refractivity contribution in [2.45, 2.75) is 13.0 Å². The minimum Gasteiger partial charge on any atom is -0.497 e. The van der Waals surface area contributed by atoms with Crippen molar-refractivity contribution in [3.63, 3.8) is 0 Å². The highest BCUT2D eigenvalue weighted by Crippen LogP contribution is 2.35. The van der Waals surface area contributed by atoms with E-state index in [4.69, 9.17) is 4.74 Å². The van der Waals surface area contributed by atoms with Crippen molar-refractivity contribution in [3.8, 4) is 5.75 Å². The fourth-order valence-corrected chi connectivity index (χ4v) is 3.16. The molecule has 1 unspecified atom stereocenters. The van der Waals surface area contributed by atoms with E-state index in [2.05, 4.69) is 26.2 Å². The Bertz CT molecular complexity index is 1060. The molecule has 0 spiro atoms. The number of hydrogen-bond donors (Lipinski definition) is 2. The number of fused-ring (bicyclic) bond motifs is 1. The van der Waals surface area contributed by atoms with Crippen LogP contribution in [0.1, 0.15) is 18.5 Å². The zero-order chi connectivity index (χ0) is 19.7. The predicted molar refractivity (Wildman–Crippen MR) is 100 cm³/mol. The highest BCUT2D eigenvalue weighted by atomic mass is 19.1. The van der Waals surface area contributed by atoms with E-state index in [1.807, 2.05) is 0 Å². The third-order valence-corrected chi connectivity index (χ3v) is 4.51. The lowest BCUT2D eigenvalue weighted by Crippen LogP contribution is -2.32. The average molecular weight is 380 g/mol. The third kappa shape index (κ3) is 3.07. The van der Waals surface area contributed by atoms with Crippen molar-refractivity contribution in [2.75, 3.05) is 17.7 Å². The van der Waals surface area contributed by atoms with Gasteiger partial charge in [-0.25, -0.2) is 4.39 Å². The number of benzene rings is 2. The average Bonchev–Trinajstić information content (AvgIpc) is 3.16. The maximum Gasteiger partial charge on any atom is 0.255 e. The number of carbonyl (C=O) groups excluding carboxylic acids is 1.